The molecule has 0 aliphatic heterocycles. The van der Waals surface area contributed by atoms with Gasteiger partial charge in [0.2, 0.25) is 5.91 Å². The van der Waals surface area contributed by atoms with E-state index in [0.717, 1.165) is 22.0 Å². The lowest BCUT2D eigenvalue weighted by Crippen LogP contribution is -2.26. The molecule has 0 atom stereocenters. The SMILES string of the molecule is CN(c1ccc(CC(=O)Nc2cccc3ccccc23)cc1)S(=O)(=O)c1ccc(Cl)cc1. The van der Waals surface area contributed by atoms with E-state index in [1.165, 1.54) is 23.5 Å². The van der Waals surface area contributed by atoms with E-state index >= 15 is 0 Å². The van der Waals surface area contributed by atoms with Gasteiger partial charge in [-0.3, -0.25) is 9.10 Å². The number of hydrogen-bond acceptors (Lipinski definition) is 3. The van der Waals surface area contributed by atoms with Gasteiger partial charge in [-0.25, -0.2) is 8.42 Å². The van der Waals surface area contributed by atoms with Gasteiger partial charge in [0, 0.05) is 23.1 Å². The van der Waals surface area contributed by atoms with E-state index in [1.54, 1.807) is 36.4 Å². The number of sulfonamides is 1. The zero-order chi connectivity index (χ0) is 22.7. The topological polar surface area (TPSA) is 66.5 Å². The first-order chi connectivity index (χ1) is 15.3. The largest absolute Gasteiger partial charge is 0.325 e. The number of hydrogen-bond donors (Lipinski definition) is 1. The average Bonchev–Trinajstić information content (AvgIpc) is 2.79. The molecule has 0 saturated carbocycles. The predicted octanol–water partition coefficient (Wildman–Crippen LogP) is 5.50. The number of amides is 1. The molecule has 0 saturated heterocycles. The maximum atomic E-state index is 12.8. The van der Waals surface area contributed by atoms with Crippen LogP contribution in [0.15, 0.2) is 95.9 Å². The fraction of sp³-hybridized carbons (Fsp3) is 0.0800. The van der Waals surface area contributed by atoms with Gasteiger partial charge in [-0.15, -0.1) is 0 Å². The number of halogens is 1. The van der Waals surface area contributed by atoms with Crippen molar-refractivity contribution >= 4 is 49.7 Å². The number of nitrogens with zero attached hydrogens (tertiary/aromatic N) is 1. The van der Waals surface area contributed by atoms with Crippen molar-refractivity contribution in [3.05, 3.63) is 102 Å². The second-order valence-electron chi connectivity index (χ2n) is 7.34. The fourth-order valence-electron chi connectivity index (χ4n) is 3.44. The van der Waals surface area contributed by atoms with Gasteiger partial charge in [0.25, 0.3) is 10.0 Å². The van der Waals surface area contributed by atoms with Crippen LogP contribution in [0.3, 0.4) is 0 Å². The molecule has 0 heterocycles. The Labute approximate surface area is 192 Å². The van der Waals surface area contributed by atoms with E-state index in [1.807, 2.05) is 42.5 Å². The van der Waals surface area contributed by atoms with Crippen molar-refractivity contribution < 1.29 is 13.2 Å². The lowest BCUT2D eigenvalue weighted by atomic mass is 10.1. The Morgan fingerprint density at radius 3 is 2.25 bits per heavy atom. The fourth-order valence-corrected chi connectivity index (χ4v) is 4.76. The summed E-state index contributed by atoms with van der Waals surface area (Å²) in [4.78, 5) is 12.7. The van der Waals surface area contributed by atoms with Crippen molar-refractivity contribution in [1.29, 1.82) is 0 Å². The van der Waals surface area contributed by atoms with Crippen LogP contribution in [0.5, 0.6) is 0 Å². The lowest BCUT2D eigenvalue weighted by Gasteiger charge is -2.20. The second-order valence-corrected chi connectivity index (χ2v) is 9.75. The van der Waals surface area contributed by atoms with Crippen molar-refractivity contribution in [2.24, 2.45) is 0 Å². The molecule has 1 amide bonds. The first-order valence-electron chi connectivity index (χ1n) is 9.96. The van der Waals surface area contributed by atoms with Crippen LogP contribution in [0.4, 0.5) is 11.4 Å². The number of carbonyl (C=O) groups is 1. The normalized spacial score (nSPS) is 11.3. The highest BCUT2D eigenvalue weighted by Gasteiger charge is 2.21. The molecule has 0 aliphatic carbocycles. The van der Waals surface area contributed by atoms with Gasteiger partial charge < -0.3 is 5.32 Å². The molecule has 1 N–H and O–H groups in total. The van der Waals surface area contributed by atoms with Crippen LogP contribution in [0.1, 0.15) is 5.56 Å². The molecule has 32 heavy (non-hydrogen) atoms. The minimum Gasteiger partial charge on any atom is -0.325 e. The van der Waals surface area contributed by atoms with Crippen molar-refractivity contribution in [2.45, 2.75) is 11.3 Å². The van der Waals surface area contributed by atoms with Gasteiger partial charge in [-0.1, -0.05) is 60.1 Å². The van der Waals surface area contributed by atoms with Crippen LogP contribution >= 0.6 is 11.6 Å². The molecule has 7 heteroatoms. The van der Waals surface area contributed by atoms with Crippen molar-refractivity contribution in [3.63, 3.8) is 0 Å². The highest BCUT2D eigenvalue weighted by atomic mass is 35.5. The summed E-state index contributed by atoms with van der Waals surface area (Å²) in [6.45, 7) is 0. The van der Waals surface area contributed by atoms with Crippen LogP contribution < -0.4 is 9.62 Å². The van der Waals surface area contributed by atoms with Crippen LogP contribution in [0.2, 0.25) is 5.02 Å². The maximum absolute atomic E-state index is 12.8. The number of carbonyl (C=O) groups excluding carboxylic acids is 1. The minimum atomic E-state index is -3.71. The number of fused-ring (bicyclic) bond motifs is 1. The molecule has 0 spiro atoms. The summed E-state index contributed by atoms with van der Waals surface area (Å²) < 4.78 is 26.9. The van der Waals surface area contributed by atoms with E-state index in [9.17, 15) is 13.2 Å². The van der Waals surface area contributed by atoms with Gasteiger partial charge in [-0.2, -0.15) is 0 Å². The first-order valence-corrected chi connectivity index (χ1v) is 11.8. The van der Waals surface area contributed by atoms with Gasteiger partial charge >= 0.3 is 0 Å². The summed E-state index contributed by atoms with van der Waals surface area (Å²) in [5.74, 6) is -0.142. The van der Waals surface area contributed by atoms with E-state index in [0.29, 0.717) is 10.7 Å². The number of anilines is 2. The molecular formula is C25H21ClN2O3S. The molecule has 0 aromatic heterocycles. The zero-order valence-electron chi connectivity index (χ0n) is 17.3. The summed E-state index contributed by atoms with van der Waals surface area (Å²) >= 11 is 5.86. The maximum Gasteiger partial charge on any atom is 0.264 e. The van der Waals surface area contributed by atoms with Crippen LogP contribution in [-0.2, 0) is 21.2 Å². The standard InChI is InChI=1S/C25H21ClN2O3S/c1-28(32(30,31)22-15-11-20(26)12-16-22)21-13-9-18(10-14-21)17-25(29)27-24-8-4-6-19-5-2-3-7-23(19)24/h2-16H,17H2,1H3,(H,27,29). The number of nitrogens with one attached hydrogen (secondary N) is 1. The van der Waals surface area contributed by atoms with Crippen LogP contribution in [0, 0.1) is 0 Å². The Balaban J connectivity index is 1.46. The summed E-state index contributed by atoms with van der Waals surface area (Å²) in [6.07, 6.45) is 0.178. The predicted molar refractivity (Wildman–Crippen MR) is 130 cm³/mol. The van der Waals surface area contributed by atoms with Crippen LogP contribution in [0.25, 0.3) is 10.8 Å². The van der Waals surface area contributed by atoms with E-state index < -0.39 is 10.0 Å². The molecule has 0 bridgehead atoms. The molecule has 0 aliphatic rings. The third-order valence-corrected chi connectivity index (χ3v) is 7.25. The molecular weight excluding hydrogens is 444 g/mol. The van der Waals surface area contributed by atoms with Crippen molar-refractivity contribution in [1.82, 2.24) is 0 Å². The Morgan fingerprint density at radius 1 is 0.875 bits per heavy atom. The molecule has 4 aromatic carbocycles. The van der Waals surface area contributed by atoms with Gasteiger partial charge in [-0.05, 0) is 53.4 Å². The number of benzene rings is 4. The number of rotatable bonds is 6. The summed E-state index contributed by atoms with van der Waals surface area (Å²) in [6, 6.07) is 26.6. The van der Waals surface area contributed by atoms with E-state index in [2.05, 4.69) is 5.32 Å². The smallest absolute Gasteiger partial charge is 0.264 e. The van der Waals surface area contributed by atoms with Gasteiger partial charge in [0.05, 0.1) is 17.0 Å². The second kappa shape index (κ2) is 9.02. The summed E-state index contributed by atoms with van der Waals surface area (Å²) in [7, 11) is -2.22. The molecule has 4 rings (SSSR count). The summed E-state index contributed by atoms with van der Waals surface area (Å²) in [5.41, 5.74) is 2.04. The van der Waals surface area contributed by atoms with E-state index in [-0.39, 0.29) is 17.2 Å². The Hall–Kier alpha value is -3.35. The lowest BCUT2D eigenvalue weighted by molar-refractivity contribution is -0.115. The molecule has 0 unspecified atom stereocenters. The Bertz CT molecular complexity index is 1360. The van der Waals surface area contributed by atoms with Gasteiger partial charge in [0.15, 0.2) is 0 Å². The summed E-state index contributed by atoms with van der Waals surface area (Å²) in [5, 5.41) is 5.47. The van der Waals surface area contributed by atoms with Crippen molar-refractivity contribution in [3.8, 4) is 0 Å². The minimum absolute atomic E-state index is 0.142. The quantitative estimate of drug-likeness (QED) is 0.409. The molecule has 4 aromatic rings. The van der Waals surface area contributed by atoms with Crippen LogP contribution in [-0.4, -0.2) is 21.4 Å². The molecule has 0 fully saturated rings. The third kappa shape index (κ3) is 4.61. The zero-order valence-corrected chi connectivity index (χ0v) is 18.9. The highest BCUT2D eigenvalue weighted by molar-refractivity contribution is 7.92. The van der Waals surface area contributed by atoms with E-state index in [4.69, 9.17) is 11.6 Å². The molecule has 162 valence electrons. The Morgan fingerprint density at radius 2 is 1.53 bits per heavy atom. The third-order valence-electron chi connectivity index (χ3n) is 5.20. The Kier molecular flexibility index (Phi) is 6.17. The average molecular weight is 465 g/mol. The highest BCUT2D eigenvalue weighted by Crippen LogP contribution is 2.25. The molecule has 0 radical (unpaired) electrons. The monoisotopic (exact) mass is 464 g/mol. The molecule has 5 nitrogen and oxygen atoms in total. The van der Waals surface area contributed by atoms with Crippen molar-refractivity contribution in [2.75, 3.05) is 16.7 Å². The van der Waals surface area contributed by atoms with Gasteiger partial charge in [0.1, 0.15) is 0 Å². The first kappa shape index (κ1) is 21.9.